The van der Waals surface area contributed by atoms with Crippen LogP contribution in [0.1, 0.15) is 25.0 Å². The third-order valence-corrected chi connectivity index (χ3v) is 5.73. The van der Waals surface area contributed by atoms with E-state index in [1.165, 1.54) is 0 Å². The number of hydroxylamine groups is 2. The van der Waals surface area contributed by atoms with Crippen molar-refractivity contribution in [3.63, 3.8) is 0 Å². The highest BCUT2D eigenvalue weighted by molar-refractivity contribution is 7.53. The monoisotopic (exact) mass is 377 g/mol. The Kier molecular flexibility index (Phi) is 9.02. The Balaban J connectivity index is 1.97. The van der Waals surface area contributed by atoms with Gasteiger partial charge in [0.25, 0.3) is 0 Å². The van der Waals surface area contributed by atoms with Gasteiger partial charge in [-0.2, -0.15) is 5.06 Å². The minimum atomic E-state index is -3.09. The first-order valence-corrected chi connectivity index (χ1v) is 10.7. The SMILES string of the molecule is CCOP(=O)(CCON(Cc1ccccc1)Cc1ccccc1)OCC. The van der Waals surface area contributed by atoms with Crippen LogP contribution in [0, 0.1) is 0 Å². The maximum atomic E-state index is 12.6. The zero-order valence-electron chi connectivity index (χ0n) is 15.5. The lowest BCUT2D eigenvalue weighted by molar-refractivity contribution is -0.169. The highest BCUT2D eigenvalue weighted by Gasteiger charge is 2.23. The maximum absolute atomic E-state index is 12.6. The first kappa shape index (κ1) is 20.8. The lowest BCUT2D eigenvalue weighted by Crippen LogP contribution is -2.25. The molecular weight excluding hydrogens is 349 g/mol. The van der Waals surface area contributed by atoms with Crippen LogP contribution in [0.25, 0.3) is 0 Å². The van der Waals surface area contributed by atoms with Crippen molar-refractivity contribution in [2.75, 3.05) is 26.0 Å². The Hall–Kier alpha value is -1.49. The minimum Gasteiger partial charge on any atom is -0.309 e. The lowest BCUT2D eigenvalue weighted by Gasteiger charge is -2.23. The molecule has 2 aromatic rings. The molecular formula is C20H28NO4P. The van der Waals surface area contributed by atoms with E-state index in [9.17, 15) is 4.57 Å². The first-order valence-electron chi connectivity index (χ1n) is 8.99. The summed E-state index contributed by atoms with van der Waals surface area (Å²) in [5.74, 6) is 0. The molecule has 2 rings (SSSR count). The summed E-state index contributed by atoms with van der Waals surface area (Å²) in [5.41, 5.74) is 2.31. The number of benzene rings is 2. The van der Waals surface area contributed by atoms with Crippen molar-refractivity contribution >= 4 is 7.60 Å². The maximum Gasteiger partial charge on any atom is 0.333 e. The van der Waals surface area contributed by atoms with Crippen molar-refractivity contribution in [2.45, 2.75) is 26.9 Å². The van der Waals surface area contributed by atoms with Gasteiger partial charge < -0.3 is 9.05 Å². The number of rotatable bonds is 12. The molecule has 0 saturated heterocycles. The van der Waals surface area contributed by atoms with E-state index in [0.717, 1.165) is 11.1 Å². The van der Waals surface area contributed by atoms with Gasteiger partial charge in [-0.1, -0.05) is 60.7 Å². The Bertz CT molecular complexity index is 615. The molecule has 0 aliphatic rings. The number of hydrogen-bond donors (Lipinski definition) is 0. The molecule has 0 spiro atoms. The van der Waals surface area contributed by atoms with Crippen molar-refractivity contribution in [3.05, 3.63) is 71.8 Å². The predicted molar refractivity (Wildman–Crippen MR) is 104 cm³/mol. The molecule has 0 aliphatic carbocycles. The quantitative estimate of drug-likeness (QED) is 0.389. The molecule has 0 aliphatic heterocycles. The van der Waals surface area contributed by atoms with E-state index in [2.05, 4.69) is 24.3 Å². The van der Waals surface area contributed by atoms with Gasteiger partial charge in [0.1, 0.15) is 0 Å². The third-order valence-electron chi connectivity index (χ3n) is 3.69. The molecule has 0 bridgehead atoms. The average Bonchev–Trinajstić information content (AvgIpc) is 2.64. The molecule has 5 nitrogen and oxygen atoms in total. The number of hydrogen-bond acceptors (Lipinski definition) is 5. The van der Waals surface area contributed by atoms with E-state index >= 15 is 0 Å². The van der Waals surface area contributed by atoms with Gasteiger partial charge in [-0.25, -0.2) is 0 Å². The molecule has 26 heavy (non-hydrogen) atoms. The number of nitrogens with zero attached hydrogens (tertiary/aromatic N) is 1. The van der Waals surface area contributed by atoms with E-state index in [1.54, 1.807) is 0 Å². The van der Waals surface area contributed by atoms with Crippen LogP contribution < -0.4 is 0 Å². The summed E-state index contributed by atoms with van der Waals surface area (Å²) in [5, 5.41) is 1.88. The summed E-state index contributed by atoms with van der Waals surface area (Å²) in [4.78, 5) is 5.94. The predicted octanol–water partition coefficient (Wildman–Crippen LogP) is 4.89. The van der Waals surface area contributed by atoms with Crippen molar-refractivity contribution in [2.24, 2.45) is 0 Å². The van der Waals surface area contributed by atoms with Crippen LogP contribution in [0.2, 0.25) is 0 Å². The van der Waals surface area contributed by atoms with Gasteiger partial charge >= 0.3 is 7.60 Å². The van der Waals surface area contributed by atoms with Crippen molar-refractivity contribution < 1.29 is 18.5 Å². The highest BCUT2D eigenvalue weighted by Crippen LogP contribution is 2.47. The van der Waals surface area contributed by atoms with Gasteiger partial charge in [0.05, 0.1) is 26.0 Å². The van der Waals surface area contributed by atoms with Crippen LogP contribution in [0.3, 0.4) is 0 Å². The Labute approximate surface area is 156 Å². The molecule has 0 N–H and O–H groups in total. The van der Waals surface area contributed by atoms with Gasteiger partial charge in [-0.15, -0.1) is 0 Å². The van der Waals surface area contributed by atoms with E-state index in [1.807, 2.05) is 55.3 Å². The first-order chi connectivity index (χ1) is 12.6. The van der Waals surface area contributed by atoms with E-state index in [0.29, 0.717) is 26.3 Å². The van der Waals surface area contributed by atoms with Gasteiger partial charge in [-0.3, -0.25) is 9.40 Å². The van der Waals surface area contributed by atoms with Gasteiger partial charge in [-0.05, 0) is 25.0 Å². The molecule has 0 atom stereocenters. The van der Waals surface area contributed by atoms with Crippen LogP contribution in [-0.4, -0.2) is 31.0 Å². The lowest BCUT2D eigenvalue weighted by atomic mass is 10.2. The Morgan fingerprint density at radius 1 is 0.808 bits per heavy atom. The molecule has 0 fully saturated rings. The van der Waals surface area contributed by atoms with E-state index in [4.69, 9.17) is 13.9 Å². The minimum absolute atomic E-state index is 0.231. The Morgan fingerprint density at radius 3 is 1.69 bits per heavy atom. The molecule has 0 amide bonds. The fourth-order valence-corrected chi connectivity index (χ4v) is 3.99. The second-order valence-electron chi connectivity index (χ2n) is 5.77. The summed E-state index contributed by atoms with van der Waals surface area (Å²) in [6.07, 6.45) is 0.231. The summed E-state index contributed by atoms with van der Waals surface area (Å²) in [6, 6.07) is 20.3. The summed E-state index contributed by atoms with van der Waals surface area (Å²) >= 11 is 0. The van der Waals surface area contributed by atoms with Gasteiger partial charge in [0.2, 0.25) is 0 Å². The second-order valence-corrected chi connectivity index (χ2v) is 7.96. The van der Waals surface area contributed by atoms with Crippen LogP contribution in [0.4, 0.5) is 0 Å². The summed E-state index contributed by atoms with van der Waals surface area (Å²) in [7, 11) is -3.09. The van der Waals surface area contributed by atoms with Crippen LogP contribution >= 0.6 is 7.60 Å². The fourth-order valence-electron chi connectivity index (χ4n) is 2.56. The summed E-state index contributed by atoms with van der Waals surface area (Å²) < 4.78 is 23.2. The molecule has 0 radical (unpaired) electrons. The van der Waals surface area contributed by atoms with Crippen LogP contribution in [0.5, 0.6) is 0 Å². The third kappa shape index (κ3) is 7.40. The molecule has 2 aromatic carbocycles. The Morgan fingerprint density at radius 2 is 1.27 bits per heavy atom. The molecule has 0 unspecified atom stereocenters. The molecule has 0 saturated carbocycles. The van der Waals surface area contributed by atoms with E-state index < -0.39 is 7.60 Å². The van der Waals surface area contributed by atoms with Gasteiger partial charge in [0.15, 0.2) is 0 Å². The average molecular weight is 377 g/mol. The van der Waals surface area contributed by atoms with Crippen LogP contribution in [-0.2, 0) is 31.5 Å². The van der Waals surface area contributed by atoms with Gasteiger partial charge in [0, 0.05) is 13.1 Å². The highest BCUT2D eigenvalue weighted by atomic mass is 31.2. The summed E-state index contributed by atoms with van der Waals surface area (Å²) in [6.45, 7) is 5.89. The van der Waals surface area contributed by atoms with Crippen molar-refractivity contribution in [3.8, 4) is 0 Å². The zero-order chi connectivity index (χ0) is 18.7. The largest absolute Gasteiger partial charge is 0.333 e. The molecule has 142 valence electrons. The zero-order valence-corrected chi connectivity index (χ0v) is 16.4. The van der Waals surface area contributed by atoms with Crippen molar-refractivity contribution in [1.29, 1.82) is 0 Å². The standard InChI is InChI=1S/C20H28NO4P/c1-3-24-26(22,25-4-2)16-15-23-21(17-19-11-7-5-8-12-19)18-20-13-9-6-10-14-20/h5-14H,3-4,15-18H2,1-2H3. The van der Waals surface area contributed by atoms with Crippen LogP contribution in [0.15, 0.2) is 60.7 Å². The van der Waals surface area contributed by atoms with E-state index in [-0.39, 0.29) is 12.8 Å². The molecule has 6 heteroatoms. The van der Waals surface area contributed by atoms with Crippen molar-refractivity contribution in [1.82, 2.24) is 5.06 Å². The smallest absolute Gasteiger partial charge is 0.309 e. The molecule has 0 aromatic heterocycles. The second kappa shape index (κ2) is 11.3. The molecule has 0 heterocycles. The topological polar surface area (TPSA) is 48.0 Å². The normalized spacial score (nSPS) is 11.8. The fraction of sp³-hybridized carbons (Fsp3) is 0.400.